The van der Waals surface area contributed by atoms with Gasteiger partial charge in [-0.2, -0.15) is 9.78 Å². The second-order valence-corrected chi connectivity index (χ2v) is 12.4. The van der Waals surface area contributed by atoms with Crippen LogP contribution in [0, 0.1) is 0 Å². The van der Waals surface area contributed by atoms with Gasteiger partial charge in [-0.25, -0.2) is 18.4 Å². The van der Waals surface area contributed by atoms with Crippen LogP contribution in [0.25, 0.3) is 5.82 Å². The molecular formula is C27H33ClN6O4S. The lowest BCUT2D eigenvalue weighted by Crippen LogP contribution is -2.34. The Morgan fingerprint density at radius 1 is 0.974 bits per heavy atom. The molecule has 2 amide bonds. The Hall–Kier alpha value is -3.31. The number of hydrogen-bond acceptors (Lipinski definition) is 7. The van der Waals surface area contributed by atoms with E-state index >= 15 is 0 Å². The first-order valence-corrected chi connectivity index (χ1v) is 15.4. The zero-order chi connectivity index (χ0) is 28.0. The van der Waals surface area contributed by atoms with Crippen LogP contribution in [0.4, 0.5) is 0 Å². The van der Waals surface area contributed by atoms with Crippen molar-refractivity contribution in [1.29, 1.82) is 0 Å². The third-order valence-electron chi connectivity index (χ3n) is 6.79. The van der Waals surface area contributed by atoms with Crippen molar-refractivity contribution in [3.05, 3.63) is 64.8 Å². The topological polar surface area (TPSA) is 136 Å². The second kappa shape index (κ2) is 12.7. The number of hydrogen-bond donors (Lipinski definition) is 2. The van der Waals surface area contributed by atoms with Gasteiger partial charge in [-0.1, -0.05) is 50.1 Å². The third kappa shape index (κ3) is 7.63. The summed E-state index contributed by atoms with van der Waals surface area (Å²) in [5.74, 6) is 0.177. The van der Waals surface area contributed by atoms with E-state index in [9.17, 15) is 18.0 Å². The average molecular weight is 573 g/mol. The number of nitrogens with one attached hydrogen (secondary N) is 2. The highest BCUT2D eigenvalue weighted by Gasteiger charge is 2.21. The zero-order valence-corrected chi connectivity index (χ0v) is 23.6. The van der Waals surface area contributed by atoms with E-state index in [4.69, 9.17) is 11.6 Å². The Labute approximate surface area is 233 Å². The molecule has 1 aliphatic rings. The number of nitrogens with zero attached hydrogens (tertiary/aromatic N) is 4. The smallest absolute Gasteiger partial charge is 0.253 e. The molecule has 0 saturated heterocycles. The van der Waals surface area contributed by atoms with Gasteiger partial charge in [-0.15, -0.1) is 0 Å². The molecule has 39 heavy (non-hydrogen) atoms. The summed E-state index contributed by atoms with van der Waals surface area (Å²) < 4.78 is 25.3. The Morgan fingerprint density at radius 3 is 2.31 bits per heavy atom. The fourth-order valence-corrected chi connectivity index (χ4v) is 5.65. The molecule has 1 unspecified atom stereocenters. The molecule has 2 heterocycles. The molecule has 2 aromatic heterocycles. The van der Waals surface area contributed by atoms with E-state index in [0.717, 1.165) is 31.9 Å². The third-order valence-corrected chi connectivity index (χ3v) is 8.10. The molecule has 0 radical (unpaired) electrons. The van der Waals surface area contributed by atoms with Crippen LogP contribution in [0.1, 0.15) is 90.9 Å². The minimum Gasteiger partial charge on any atom is -0.349 e. The lowest BCUT2D eigenvalue weighted by atomic mass is 10.0. The van der Waals surface area contributed by atoms with Crippen molar-refractivity contribution in [2.75, 3.05) is 6.26 Å². The van der Waals surface area contributed by atoms with Gasteiger partial charge in [0, 0.05) is 29.1 Å². The number of amides is 2. The summed E-state index contributed by atoms with van der Waals surface area (Å²) in [4.78, 5) is 34.4. The largest absolute Gasteiger partial charge is 0.349 e. The number of benzene rings is 1. The predicted octanol–water partition coefficient (Wildman–Crippen LogP) is 4.44. The summed E-state index contributed by atoms with van der Waals surface area (Å²) in [6.45, 7) is 1.72. The van der Waals surface area contributed by atoms with Crippen molar-refractivity contribution >= 4 is 33.3 Å². The SMILES string of the molecule is CC(NC(=O)c1cc(Cl)cc(S(C)(=O)=O)c1)c1ncnn1-c1ccc(C(=O)NC2CCCCCCCC2)cn1. The summed E-state index contributed by atoms with van der Waals surface area (Å²) in [5, 5.41) is 10.3. The zero-order valence-electron chi connectivity index (χ0n) is 22.1. The first-order valence-electron chi connectivity index (χ1n) is 13.1. The van der Waals surface area contributed by atoms with Gasteiger partial charge in [0.05, 0.1) is 16.5 Å². The van der Waals surface area contributed by atoms with Crippen LogP contribution >= 0.6 is 11.6 Å². The van der Waals surface area contributed by atoms with E-state index in [1.807, 2.05) is 0 Å². The van der Waals surface area contributed by atoms with E-state index in [1.165, 1.54) is 61.1 Å². The van der Waals surface area contributed by atoms with E-state index in [1.54, 1.807) is 19.1 Å². The fourth-order valence-electron chi connectivity index (χ4n) is 4.67. The predicted molar refractivity (Wildman–Crippen MR) is 148 cm³/mol. The summed E-state index contributed by atoms with van der Waals surface area (Å²) in [6.07, 6.45) is 13.1. The minimum absolute atomic E-state index is 0.0469. The van der Waals surface area contributed by atoms with Crippen LogP contribution in [0.3, 0.4) is 0 Å². The molecule has 10 nitrogen and oxygen atoms in total. The molecule has 12 heteroatoms. The van der Waals surface area contributed by atoms with Crippen LogP contribution in [0.2, 0.25) is 5.02 Å². The van der Waals surface area contributed by atoms with Crippen molar-refractivity contribution in [3.8, 4) is 5.82 Å². The highest BCUT2D eigenvalue weighted by atomic mass is 35.5. The van der Waals surface area contributed by atoms with Gasteiger partial charge in [0.15, 0.2) is 21.5 Å². The molecule has 208 valence electrons. The van der Waals surface area contributed by atoms with Crippen LogP contribution in [-0.4, -0.2) is 52.3 Å². The molecule has 1 fully saturated rings. The number of aromatic nitrogens is 4. The van der Waals surface area contributed by atoms with Gasteiger partial charge < -0.3 is 10.6 Å². The maximum atomic E-state index is 12.9. The molecule has 4 rings (SSSR count). The van der Waals surface area contributed by atoms with Crippen molar-refractivity contribution in [1.82, 2.24) is 30.4 Å². The summed E-state index contributed by atoms with van der Waals surface area (Å²) in [7, 11) is -3.55. The molecule has 1 atom stereocenters. The molecule has 3 aromatic rings. The van der Waals surface area contributed by atoms with Crippen molar-refractivity contribution in [3.63, 3.8) is 0 Å². The molecule has 0 spiro atoms. The Morgan fingerprint density at radius 2 is 1.67 bits per heavy atom. The highest BCUT2D eigenvalue weighted by molar-refractivity contribution is 7.90. The molecule has 1 saturated carbocycles. The maximum Gasteiger partial charge on any atom is 0.253 e. The number of pyridine rings is 1. The Bertz CT molecular complexity index is 1410. The fraction of sp³-hybridized carbons (Fsp3) is 0.444. The normalized spacial score (nSPS) is 16.0. The second-order valence-electron chi connectivity index (χ2n) is 9.95. The van der Waals surface area contributed by atoms with Crippen LogP contribution in [-0.2, 0) is 9.84 Å². The lowest BCUT2D eigenvalue weighted by molar-refractivity contribution is 0.0925. The van der Waals surface area contributed by atoms with Crippen molar-refractivity contribution < 1.29 is 18.0 Å². The number of carbonyl (C=O) groups is 2. The number of halogens is 1. The average Bonchev–Trinajstić information content (AvgIpc) is 3.42. The number of rotatable bonds is 7. The molecule has 0 bridgehead atoms. The van der Waals surface area contributed by atoms with Gasteiger partial charge in [0.2, 0.25) is 0 Å². The first-order chi connectivity index (χ1) is 18.6. The van der Waals surface area contributed by atoms with Crippen LogP contribution in [0.15, 0.2) is 47.8 Å². The van der Waals surface area contributed by atoms with E-state index in [0.29, 0.717) is 17.2 Å². The molecule has 1 aromatic carbocycles. The summed E-state index contributed by atoms with van der Waals surface area (Å²) in [5.41, 5.74) is 0.568. The standard InChI is InChI=1S/C27H33ClN6O4S/c1-18(32-27(36)20-13-21(28)15-23(14-20)39(2,37)38)25-30-17-31-34(25)24-12-11-19(16-29-24)26(35)33-22-9-7-5-3-4-6-8-10-22/h11-18,22H,3-10H2,1-2H3,(H,32,36)(H,33,35). The minimum atomic E-state index is -3.55. The van der Waals surface area contributed by atoms with E-state index < -0.39 is 21.8 Å². The van der Waals surface area contributed by atoms with Gasteiger partial charge in [-0.05, 0) is 50.1 Å². The molecular weight excluding hydrogens is 540 g/mol. The summed E-state index contributed by atoms with van der Waals surface area (Å²) >= 11 is 6.04. The van der Waals surface area contributed by atoms with Crippen molar-refractivity contribution in [2.45, 2.75) is 75.3 Å². The number of carbonyl (C=O) groups excluding carboxylic acids is 2. The maximum absolute atomic E-state index is 12.9. The Kier molecular flexibility index (Phi) is 9.34. The van der Waals surface area contributed by atoms with Gasteiger partial charge in [0.25, 0.3) is 11.8 Å². The Balaban J connectivity index is 1.44. The van der Waals surface area contributed by atoms with E-state index in [2.05, 4.69) is 25.7 Å². The molecule has 0 aliphatic heterocycles. The van der Waals surface area contributed by atoms with Gasteiger partial charge >= 0.3 is 0 Å². The van der Waals surface area contributed by atoms with Gasteiger partial charge in [-0.3, -0.25) is 9.59 Å². The first kappa shape index (κ1) is 28.7. The highest BCUT2D eigenvalue weighted by Crippen LogP contribution is 2.21. The van der Waals surface area contributed by atoms with Crippen LogP contribution in [0.5, 0.6) is 0 Å². The molecule has 2 N–H and O–H groups in total. The monoisotopic (exact) mass is 572 g/mol. The van der Waals surface area contributed by atoms with Crippen LogP contribution < -0.4 is 10.6 Å². The van der Waals surface area contributed by atoms with E-state index in [-0.39, 0.29) is 27.4 Å². The lowest BCUT2D eigenvalue weighted by Gasteiger charge is -2.18. The van der Waals surface area contributed by atoms with Crippen molar-refractivity contribution in [2.24, 2.45) is 0 Å². The molecule has 1 aliphatic carbocycles. The van der Waals surface area contributed by atoms with Gasteiger partial charge in [0.1, 0.15) is 6.33 Å². The summed E-state index contributed by atoms with van der Waals surface area (Å²) in [6, 6.07) is 6.91. The number of sulfone groups is 1. The quantitative estimate of drug-likeness (QED) is 0.427.